The Balaban J connectivity index is 1.45. The summed E-state index contributed by atoms with van der Waals surface area (Å²) in [4.78, 5) is 27.0. The van der Waals surface area contributed by atoms with Crippen molar-refractivity contribution in [2.75, 3.05) is 25.5 Å². The van der Waals surface area contributed by atoms with Gasteiger partial charge in [0.15, 0.2) is 0 Å². The molecule has 0 aliphatic carbocycles. The van der Waals surface area contributed by atoms with Crippen molar-refractivity contribution < 1.29 is 18.7 Å². The maximum absolute atomic E-state index is 13.2. The number of ether oxygens (including phenoxy) is 1. The van der Waals surface area contributed by atoms with Crippen LogP contribution in [0.3, 0.4) is 0 Å². The molecule has 31 heavy (non-hydrogen) atoms. The predicted molar refractivity (Wildman–Crippen MR) is 120 cm³/mol. The molecule has 1 atom stereocenters. The Hall–Kier alpha value is -2.89. The highest BCUT2D eigenvalue weighted by Crippen LogP contribution is 2.24. The zero-order chi connectivity index (χ0) is 22.2. The minimum Gasteiger partial charge on any atom is -0.496 e. The van der Waals surface area contributed by atoms with E-state index in [0.717, 1.165) is 37.1 Å². The van der Waals surface area contributed by atoms with Gasteiger partial charge in [0, 0.05) is 31.6 Å². The number of hydrogen-bond donors (Lipinski definition) is 1. The molecule has 1 heterocycles. The minimum atomic E-state index is -0.312. The second kappa shape index (κ2) is 10.9. The summed E-state index contributed by atoms with van der Waals surface area (Å²) in [6.45, 7) is 3.25. The van der Waals surface area contributed by atoms with Gasteiger partial charge in [-0.05, 0) is 73.9 Å². The molecule has 2 amide bonds. The smallest absolute Gasteiger partial charge is 0.224 e. The normalized spacial score (nSPS) is 16.1. The summed E-state index contributed by atoms with van der Waals surface area (Å²) in [5.74, 6) is 0.905. The van der Waals surface area contributed by atoms with E-state index in [0.29, 0.717) is 43.0 Å². The molecule has 1 N–H and O–H groups in total. The molecule has 2 aromatic rings. The van der Waals surface area contributed by atoms with Gasteiger partial charge in [-0.3, -0.25) is 9.59 Å². The summed E-state index contributed by atoms with van der Waals surface area (Å²) < 4.78 is 18.6. The summed E-state index contributed by atoms with van der Waals surface area (Å²) in [5.41, 5.74) is 2.39. The topological polar surface area (TPSA) is 58.6 Å². The number of para-hydroxylation sites is 1. The second-order valence-corrected chi connectivity index (χ2v) is 8.21. The van der Waals surface area contributed by atoms with Crippen LogP contribution in [-0.2, 0) is 16.0 Å². The number of amides is 2. The Bertz CT molecular complexity index is 915. The van der Waals surface area contributed by atoms with Gasteiger partial charge in [0.2, 0.25) is 11.8 Å². The molecule has 0 saturated carbocycles. The van der Waals surface area contributed by atoms with Crippen molar-refractivity contribution in [3.8, 4) is 5.75 Å². The maximum Gasteiger partial charge on any atom is 0.224 e. The van der Waals surface area contributed by atoms with Gasteiger partial charge in [0.1, 0.15) is 11.6 Å². The van der Waals surface area contributed by atoms with Crippen LogP contribution in [0.15, 0.2) is 42.5 Å². The lowest BCUT2D eigenvalue weighted by Gasteiger charge is -2.33. The summed E-state index contributed by atoms with van der Waals surface area (Å²) >= 11 is 0. The highest BCUT2D eigenvalue weighted by atomic mass is 19.1. The summed E-state index contributed by atoms with van der Waals surface area (Å²) in [5, 5.41) is 2.86. The van der Waals surface area contributed by atoms with E-state index >= 15 is 0 Å². The highest BCUT2D eigenvalue weighted by Gasteiger charge is 2.24. The molecule has 1 saturated heterocycles. The first kappa shape index (κ1) is 22.8. The number of aryl methyl sites for hydroxylation is 2. The molecule has 6 heteroatoms. The number of carbonyl (C=O) groups excluding carboxylic acids is 2. The molecule has 0 aromatic heterocycles. The average molecular weight is 427 g/mol. The molecular weight excluding hydrogens is 395 g/mol. The highest BCUT2D eigenvalue weighted by molar-refractivity contribution is 5.91. The van der Waals surface area contributed by atoms with E-state index in [2.05, 4.69) is 5.32 Å². The van der Waals surface area contributed by atoms with Crippen molar-refractivity contribution in [1.29, 1.82) is 0 Å². The number of rotatable bonds is 8. The lowest BCUT2D eigenvalue weighted by atomic mass is 9.93. The van der Waals surface area contributed by atoms with E-state index in [1.54, 1.807) is 20.1 Å². The van der Waals surface area contributed by atoms with Crippen molar-refractivity contribution in [3.05, 3.63) is 59.4 Å². The quantitative estimate of drug-likeness (QED) is 0.664. The zero-order valence-electron chi connectivity index (χ0n) is 18.3. The predicted octanol–water partition coefficient (Wildman–Crippen LogP) is 4.73. The van der Waals surface area contributed by atoms with E-state index in [4.69, 9.17) is 4.74 Å². The Morgan fingerprint density at radius 3 is 2.77 bits per heavy atom. The van der Waals surface area contributed by atoms with Gasteiger partial charge in [-0.2, -0.15) is 0 Å². The Morgan fingerprint density at radius 2 is 2.00 bits per heavy atom. The number of likely N-dealkylation sites (tertiary alicyclic amines) is 1. The first-order valence-corrected chi connectivity index (χ1v) is 10.9. The van der Waals surface area contributed by atoms with Crippen LogP contribution in [0.1, 0.15) is 43.2 Å². The molecule has 2 aromatic carbocycles. The van der Waals surface area contributed by atoms with E-state index in [9.17, 15) is 14.0 Å². The molecule has 1 fully saturated rings. The zero-order valence-corrected chi connectivity index (χ0v) is 18.3. The van der Waals surface area contributed by atoms with Crippen LogP contribution in [0.4, 0.5) is 10.1 Å². The third-order valence-electron chi connectivity index (χ3n) is 5.91. The SMILES string of the molecule is COc1ccccc1CCC(=O)N1CCCC(CCC(=O)Nc2ccc(F)cc2C)C1. The molecule has 0 spiro atoms. The van der Waals surface area contributed by atoms with Crippen molar-refractivity contribution >= 4 is 17.5 Å². The summed E-state index contributed by atoms with van der Waals surface area (Å²) in [6.07, 6.45) is 4.23. The van der Waals surface area contributed by atoms with Gasteiger partial charge in [-0.15, -0.1) is 0 Å². The van der Waals surface area contributed by atoms with E-state index in [1.807, 2.05) is 29.2 Å². The van der Waals surface area contributed by atoms with Gasteiger partial charge in [-0.1, -0.05) is 18.2 Å². The Kier molecular flexibility index (Phi) is 8.04. The largest absolute Gasteiger partial charge is 0.496 e. The van der Waals surface area contributed by atoms with Crippen molar-refractivity contribution in [1.82, 2.24) is 4.90 Å². The standard InChI is InChI=1S/C25H31FN2O3/c1-18-16-21(26)11-12-22(18)27-24(29)13-9-19-6-5-15-28(17-19)25(30)14-10-20-7-3-4-8-23(20)31-2/h3-4,7-8,11-12,16,19H,5-6,9-10,13-15,17H2,1-2H3,(H,27,29). The van der Waals surface area contributed by atoms with Gasteiger partial charge >= 0.3 is 0 Å². The number of hydrogen-bond acceptors (Lipinski definition) is 3. The number of halogens is 1. The number of methoxy groups -OCH3 is 1. The first-order chi connectivity index (χ1) is 15.0. The van der Waals surface area contributed by atoms with Crippen molar-refractivity contribution in [2.24, 2.45) is 5.92 Å². The van der Waals surface area contributed by atoms with Crippen LogP contribution in [0.2, 0.25) is 0 Å². The van der Waals surface area contributed by atoms with Crippen LogP contribution in [-0.4, -0.2) is 36.9 Å². The number of piperidine rings is 1. The number of nitrogens with one attached hydrogen (secondary N) is 1. The van der Waals surface area contributed by atoms with Crippen LogP contribution in [0, 0.1) is 18.7 Å². The van der Waals surface area contributed by atoms with Crippen molar-refractivity contribution in [3.63, 3.8) is 0 Å². The third kappa shape index (κ3) is 6.54. The lowest BCUT2D eigenvalue weighted by molar-refractivity contribution is -0.133. The van der Waals surface area contributed by atoms with Gasteiger partial charge < -0.3 is 15.0 Å². The van der Waals surface area contributed by atoms with E-state index < -0.39 is 0 Å². The summed E-state index contributed by atoms with van der Waals surface area (Å²) in [6, 6.07) is 12.1. The van der Waals surface area contributed by atoms with Crippen LogP contribution < -0.4 is 10.1 Å². The van der Waals surface area contributed by atoms with Crippen LogP contribution >= 0.6 is 0 Å². The molecule has 5 nitrogen and oxygen atoms in total. The second-order valence-electron chi connectivity index (χ2n) is 8.21. The monoisotopic (exact) mass is 426 g/mol. The summed E-state index contributed by atoms with van der Waals surface area (Å²) in [7, 11) is 1.64. The fraction of sp³-hybridized carbons (Fsp3) is 0.440. The molecule has 1 unspecified atom stereocenters. The number of anilines is 1. The molecule has 1 aliphatic heterocycles. The average Bonchev–Trinajstić information content (AvgIpc) is 2.78. The number of nitrogens with zero attached hydrogens (tertiary/aromatic N) is 1. The molecule has 3 rings (SSSR count). The van der Waals surface area contributed by atoms with E-state index in [1.165, 1.54) is 12.1 Å². The van der Waals surface area contributed by atoms with Crippen LogP contribution in [0.25, 0.3) is 0 Å². The van der Waals surface area contributed by atoms with Crippen molar-refractivity contribution in [2.45, 2.75) is 45.4 Å². The minimum absolute atomic E-state index is 0.0747. The van der Waals surface area contributed by atoms with E-state index in [-0.39, 0.29) is 17.6 Å². The molecule has 0 bridgehead atoms. The number of carbonyl (C=O) groups is 2. The fourth-order valence-corrected chi connectivity index (χ4v) is 4.15. The molecule has 1 aliphatic rings. The third-order valence-corrected chi connectivity index (χ3v) is 5.91. The maximum atomic E-state index is 13.2. The Labute approximate surface area is 183 Å². The lowest BCUT2D eigenvalue weighted by Crippen LogP contribution is -2.40. The van der Waals surface area contributed by atoms with Gasteiger partial charge in [-0.25, -0.2) is 4.39 Å². The molecule has 166 valence electrons. The molecule has 0 radical (unpaired) electrons. The van der Waals surface area contributed by atoms with Gasteiger partial charge in [0.25, 0.3) is 0 Å². The van der Waals surface area contributed by atoms with Gasteiger partial charge in [0.05, 0.1) is 7.11 Å². The fourth-order valence-electron chi connectivity index (χ4n) is 4.15. The Morgan fingerprint density at radius 1 is 1.19 bits per heavy atom. The molecular formula is C25H31FN2O3. The first-order valence-electron chi connectivity index (χ1n) is 10.9. The van der Waals surface area contributed by atoms with Crippen LogP contribution in [0.5, 0.6) is 5.75 Å². The number of benzene rings is 2.